The Labute approximate surface area is 134 Å². The number of hydrogen-bond donors (Lipinski definition) is 0. The number of anilines is 1. The Morgan fingerprint density at radius 1 is 1.17 bits per heavy atom. The molecule has 0 saturated carbocycles. The Hall–Kier alpha value is -2.50. The van der Waals surface area contributed by atoms with Crippen molar-refractivity contribution in [3.05, 3.63) is 42.2 Å². The molecule has 1 aliphatic heterocycles. The molecular formula is C17H19N5O. The van der Waals surface area contributed by atoms with Crippen LogP contribution in [0.5, 0.6) is 0 Å². The standard InChI is InChI=1S/C17H19N5O/c1-11(2)17-20-16(21-23-17)14-8-5-9-22(14)15-10-18-12-6-3-4-7-13(12)19-15/h3-4,6-7,10-11,14H,5,8-9H2,1-2H3. The number of hydrogen-bond acceptors (Lipinski definition) is 6. The molecule has 3 aromatic rings. The highest BCUT2D eigenvalue weighted by molar-refractivity contribution is 5.75. The van der Waals surface area contributed by atoms with Gasteiger partial charge in [-0.1, -0.05) is 31.1 Å². The molecule has 6 heteroatoms. The van der Waals surface area contributed by atoms with Crippen molar-refractivity contribution in [2.24, 2.45) is 0 Å². The topological polar surface area (TPSA) is 67.9 Å². The van der Waals surface area contributed by atoms with Crippen molar-refractivity contribution in [3.8, 4) is 0 Å². The molecule has 1 fully saturated rings. The highest BCUT2D eigenvalue weighted by atomic mass is 16.5. The molecule has 1 atom stereocenters. The van der Waals surface area contributed by atoms with Crippen LogP contribution in [0.4, 0.5) is 5.82 Å². The first-order chi connectivity index (χ1) is 11.2. The van der Waals surface area contributed by atoms with E-state index in [9.17, 15) is 0 Å². The molecule has 118 valence electrons. The van der Waals surface area contributed by atoms with E-state index in [4.69, 9.17) is 9.51 Å². The van der Waals surface area contributed by atoms with E-state index < -0.39 is 0 Å². The number of aromatic nitrogens is 4. The highest BCUT2D eigenvalue weighted by Gasteiger charge is 2.31. The Morgan fingerprint density at radius 3 is 2.78 bits per heavy atom. The minimum absolute atomic E-state index is 0.113. The van der Waals surface area contributed by atoms with E-state index in [1.54, 1.807) is 0 Å². The first-order valence-corrected chi connectivity index (χ1v) is 8.04. The average molecular weight is 309 g/mol. The number of rotatable bonds is 3. The molecule has 0 aliphatic carbocycles. The minimum atomic E-state index is 0.113. The molecule has 0 N–H and O–H groups in total. The first kappa shape index (κ1) is 14.1. The zero-order valence-electron chi connectivity index (χ0n) is 13.3. The predicted molar refractivity (Wildman–Crippen MR) is 87.2 cm³/mol. The maximum Gasteiger partial charge on any atom is 0.229 e. The molecule has 1 unspecified atom stereocenters. The van der Waals surface area contributed by atoms with Crippen LogP contribution in [0.25, 0.3) is 11.0 Å². The first-order valence-electron chi connectivity index (χ1n) is 8.04. The monoisotopic (exact) mass is 309 g/mol. The summed E-state index contributed by atoms with van der Waals surface area (Å²) >= 11 is 0. The Bertz CT molecular complexity index is 828. The van der Waals surface area contributed by atoms with Gasteiger partial charge >= 0.3 is 0 Å². The summed E-state index contributed by atoms with van der Waals surface area (Å²) < 4.78 is 5.37. The molecule has 1 aliphatic rings. The van der Waals surface area contributed by atoms with Crippen LogP contribution in [0.1, 0.15) is 50.4 Å². The lowest BCUT2D eigenvalue weighted by Gasteiger charge is -2.23. The van der Waals surface area contributed by atoms with E-state index in [2.05, 4.69) is 33.9 Å². The van der Waals surface area contributed by atoms with Gasteiger partial charge in [0.15, 0.2) is 5.82 Å². The van der Waals surface area contributed by atoms with Crippen LogP contribution < -0.4 is 4.90 Å². The van der Waals surface area contributed by atoms with Gasteiger partial charge in [0.2, 0.25) is 5.89 Å². The van der Waals surface area contributed by atoms with Crippen LogP contribution in [-0.4, -0.2) is 26.7 Å². The van der Waals surface area contributed by atoms with Gasteiger partial charge in [0.25, 0.3) is 0 Å². The fraction of sp³-hybridized carbons (Fsp3) is 0.412. The SMILES string of the molecule is CC(C)c1nc(C2CCCN2c2cnc3ccccc3n2)no1. The summed E-state index contributed by atoms with van der Waals surface area (Å²) in [5.41, 5.74) is 1.82. The molecule has 1 saturated heterocycles. The maximum atomic E-state index is 5.37. The van der Waals surface area contributed by atoms with Gasteiger partial charge in [0, 0.05) is 12.5 Å². The second-order valence-electron chi connectivity index (χ2n) is 6.21. The van der Waals surface area contributed by atoms with Crippen LogP contribution >= 0.6 is 0 Å². The van der Waals surface area contributed by atoms with E-state index in [1.807, 2.05) is 30.5 Å². The van der Waals surface area contributed by atoms with Crippen molar-refractivity contribution in [1.29, 1.82) is 0 Å². The quantitative estimate of drug-likeness (QED) is 0.738. The highest BCUT2D eigenvalue weighted by Crippen LogP contribution is 2.34. The van der Waals surface area contributed by atoms with Crippen molar-refractivity contribution in [1.82, 2.24) is 20.1 Å². The van der Waals surface area contributed by atoms with Gasteiger partial charge < -0.3 is 9.42 Å². The third kappa shape index (κ3) is 2.54. The van der Waals surface area contributed by atoms with Crippen molar-refractivity contribution in [2.75, 3.05) is 11.4 Å². The predicted octanol–water partition coefficient (Wildman–Crippen LogP) is 3.48. The summed E-state index contributed by atoms with van der Waals surface area (Å²) in [5.74, 6) is 2.56. The van der Waals surface area contributed by atoms with Gasteiger partial charge in [0.1, 0.15) is 5.82 Å². The summed E-state index contributed by atoms with van der Waals surface area (Å²) in [6, 6.07) is 8.03. The number of nitrogens with zero attached hydrogens (tertiary/aromatic N) is 5. The van der Waals surface area contributed by atoms with E-state index in [0.717, 1.165) is 42.1 Å². The summed E-state index contributed by atoms with van der Waals surface area (Å²) in [4.78, 5) is 16.1. The summed E-state index contributed by atoms with van der Waals surface area (Å²) in [6.45, 7) is 5.04. The van der Waals surface area contributed by atoms with Gasteiger partial charge in [-0.3, -0.25) is 4.98 Å². The molecule has 0 bridgehead atoms. The fourth-order valence-electron chi connectivity index (χ4n) is 3.01. The van der Waals surface area contributed by atoms with Crippen LogP contribution in [0, 0.1) is 0 Å². The maximum absolute atomic E-state index is 5.37. The lowest BCUT2D eigenvalue weighted by Crippen LogP contribution is -2.24. The summed E-state index contributed by atoms with van der Waals surface area (Å²) in [5, 5.41) is 4.18. The van der Waals surface area contributed by atoms with Crippen molar-refractivity contribution in [2.45, 2.75) is 38.6 Å². The van der Waals surface area contributed by atoms with Crippen LogP contribution in [0.15, 0.2) is 35.0 Å². The zero-order valence-corrected chi connectivity index (χ0v) is 13.3. The number of benzene rings is 1. The zero-order chi connectivity index (χ0) is 15.8. The van der Waals surface area contributed by atoms with Crippen molar-refractivity contribution < 1.29 is 4.52 Å². The lowest BCUT2D eigenvalue weighted by atomic mass is 10.2. The summed E-state index contributed by atoms with van der Waals surface area (Å²) in [6.07, 6.45) is 3.93. The van der Waals surface area contributed by atoms with E-state index in [1.165, 1.54) is 0 Å². The van der Waals surface area contributed by atoms with Crippen molar-refractivity contribution in [3.63, 3.8) is 0 Å². The second-order valence-corrected chi connectivity index (χ2v) is 6.21. The minimum Gasteiger partial charge on any atom is -0.345 e. The third-order valence-corrected chi connectivity index (χ3v) is 4.23. The van der Waals surface area contributed by atoms with Crippen LogP contribution in [0.2, 0.25) is 0 Å². The van der Waals surface area contributed by atoms with Crippen molar-refractivity contribution >= 4 is 16.9 Å². The largest absolute Gasteiger partial charge is 0.345 e. The van der Waals surface area contributed by atoms with Gasteiger partial charge in [0.05, 0.1) is 23.3 Å². The van der Waals surface area contributed by atoms with Gasteiger partial charge in [-0.25, -0.2) is 4.98 Å². The van der Waals surface area contributed by atoms with E-state index >= 15 is 0 Å². The third-order valence-electron chi connectivity index (χ3n) is 4.23. The van der Waals surface area contributed by atoms with Gasteiger partial charge in [-0.2, -0.15) is 4.98 Å². The molecule has 0 spiro atoms. The molecule has 6 nitrogen and oxygen atoms in total. The van der Waals surface area contributed by atoms with Crippen LogP contribution in [-0.2, 0) is 0 Å². The normalized spacial score (nSPS) is 18.2. The average Bonchev–Trinajstić information content (AvgIpc) is 3.23. The Kier molecular flexibility index (Phi) is 3.44. The lowest BCUT2D eigenvalue weighted by molar-refractivity contribution is 0.358. The Balaban J connectivity index is 1.68. The molecule has 0 radical (unpaired) electrons. The smallest absolute Gasteiger partial charge is 0.229 e. The molecule has 23 heavy (non-hydrogen) atoms. The van der Waals surface area contributed by atoms with E-state index in [-0.39, 0.29) is 12.0 Å². The molecular weight excluding hydrogens is 290 g/mol. The second kappa shape index (κ2) is 5.61. The molecule has 0 amide bonds. The summed E-state index contributed by atoms with van der Waals surface area (Å²) in [7, 11) is 0. The molecule has 4 rings (SSSR count). The fourth-order valence-corrected chi connectivity index (χ4v) is 3.01. The van der Waals surface area contributed by atoms with Gasteiger partial charge in [-0.15, -0.1) is 0 Å². The van der Waals surface area contributed by atoms with Gasteiger partial charge in [-0.05, 0) is 25.0 Å². The molecule has 2 aromatic heterocycles. The number of para-hydroxylation sites is 2. The number of fused-ring (bicyclic) bond motifs is 1. The molecule has 3 heterocycles. The van der Waals surface area contributed by atoms with Crippen LogP contribution in [0.3, 0.4) is 0 Å². The molecule has 1 aromatic carbocycles. The Morgan fingerprint density at radius 2 is 2.00 bits per heavy atom. The van der Waals surface area contributed by atoms with E-state index in [0.29, 0.717) is 5.89 Å².